The van der Waals surface area contributed by atoms with Crippen molar-refractivity contribution in [1.29, 1.82) is 0 Å². The molecule has 1 aliphatic rings. The van der Waals surface area contributed by atoms with Crippen LogP contribution in [0.3, 0.4) is 0 Å². The molecule has 1 aromatic heterocycles. The van der Waals surface area contributed by atoms with Crippen molar-refractivity contribution in [3.63, 3.8) is 0 Å². The number of amides is 2. The van der Waals surface area contributed by atoms with E-state index in [0.717, 1.165) is 59.2 Å². The van der Waals surface area contributed by atoms with Crippen LogP contribution in [-0.4, -0.2) is 46.6 Å². The summed E-state index contributed by atoms with van der Waals surface area (Å²) in [6, 6.07) is 30.0. The zero-order chi connectivity index (χ0) is 33.4. The number of nitrogens with one attached hydrogen (secondary N) is 2. The highest BCUT2D eigenvalue weighted by Gasteiger charge is 2.16. The van der Waals surface area contributed by atoms with E-state index in [9.17, 15) is 9.59 Å². The van der Waals surface area contributed by atoms with Gasteiger partial charge in [0.1, 0.15) is 12.4 Å². The molecule has 8 nitrogen and oxygen atoms in total. The van der Waals surface area contributed by atoms with Gasteiger partial charge in [-0.15, -0.1) is 0 Å². The zero-order valence-corrected chi connectivity index (χ0v) is 27.5. The Kier molecular flexibility index (Phi) is 13.3. The molecule has 0 unspecified atom stereocenters. The van der Waals surface area contributed by atoms with Gasteiger partial charge in [-0.1, -0.05) is 105 Å². The lowest BCUT2D eigenvalue weighted by molar-refractivity contribution is -0.124. The smallest absolute Gasteiger partial charge is 0.267 e. The highest BCUT2D eigenvalue weighted by molar-refractivity contribution is 5.90. The van der Waals surface area contributed by atoms with E-state index in [4.69, 9.17) is 9.94 Å². The van der Waals surface area contributed by atoms with Crippen LogP contribution in [0, 0.1) is 5.92 Å². The van der Waals surface area contributed by atoms with Crippen LogP contribution in [0.4, 0.5) is 0 Å². The minimum absolute atomic E-state index is 0.0505. The van der Waals surface area contributed by atoms with Crippen LogP contribution >= 0.6 is 0 Å². The van der Waals surface area contributed by atoms with Crippen molar-refractivity contribution in [2.24, 2.45) is 5.92 Å². The molecular weight excluding hydrogens is 600 g/mol. The summed E-state index contributed by atoms with van der Waals surface area (Å²) in [6.45, 7) is 3.77. The molecule has 1 heterocycles. The molecule has 2 amide bonds. The molecule has 8 heteroatoms. The molecule has 0 spiro atoms. The van der Waals surface area contributed by atoms with Crippen molar-refractivity contribution in [1.82, 2.24) is 20.7 Å². The highest BCUT2D eigenvalue weighted by Crippen LogP contribution is 2.27. The quantitative estimate of drug-likeness (QED) is 0.0690. The van der Waals surface area contributed by atoms with Crippen molar-refractivity contribution < 1.29 is 19.5 Å². The molecule has 5 rings (SSSR count). The average Bonchev–Trinajstić information content (AvgIpc) is 3.14. The Labute approximate surface area is 283 Å². The fourth-order valence-electron chi connectivity index (χ4n) is 6.07. The molecule has 3 N–H and O–H groups in total. The van der Waals surface area contributed by atoms with Crippen LogP contribution in [0.5, 0.6) is 5.75 Å². The molecule has 4 aromatic rings. The van der Waals surface area contributed by atoms with Gasteiger partial charge in [0, 0.05) is 43.2 Å². The number of hydroxylamine groups is 1. The summed E-state index contributed by atoms with van der Waals surface area (Å²) in [4.78, 5) is 30.7. The molecule has 1 aliphatic carbocycles. The van der Waals surface area contributed by atoms with Crippen molar-refractivity contribution in [2.75, 3.05) is 19.7 Å². The monoisotopic (exact) mass is 646 g/mol. The van der Waals surface area contributed by atoms with Gasteiger partial charge in [0.15, 0.2) is 0 Å². The van der Waals surface area contributed by atoms with Crippen LogP contribution in [-0.2, 0) is 29.1 Å². The van der Waals surface area contributed by atoms with Crippen molar-refractivity contribution >= 4 is 17.9 Å². The average molecular weight is 647 g/mol. The summed E-state index contributed by atoms with van der Waals surface area (Å²) in [6.07, 6.45) is 13.0. The van der Waals surface area contributed by atoms with Crippen LogP contribution in [0.1, 0.15) is 60.9 Å². The fourth-order valence-corrected chi connectivity index (χ4v) is 6.07. The maximum atomic E-state index is 12.4. The summed E-state index contributed by atoms with van der Waals surface area (Å²) in [5.41, 5.74) is 7.55. The Balaban J connectivity index is 1.10. The number of carbonyl (C=O) groups is 2. The van der Waals surface area contributed by atoms with Gasteiger partial charge in [0.2, 0.25) is 5.91 Å². The lowest BCUT2D eigenvalue weighted by Crippen LogP contribution is -2.30. The second-order valence-electron chi connectivity index (χ2n) is 12.5. The molecule has 0 aliphatic heterocycles. The van der Waals surface area contributed by atoms with Crippen LogP contribution < -0.4 is 15.5 Å². The van der Waals surface area contributed by atoms with Gasteiger partial charge >= 0.3 is 0 Å². The summed E-state index contributed by atoms with van der Waals surface area (Å²) in [5.74, 6) is 1.03. The Bertz CT molecular complexity index is 1580. The third-order valence-electron chi connectivity index (χ3n) is 8.86. The fraction of sp³-hybridized carbons (Fsp3) is 0.325. The molecule has 0 saturated heterocycles. The summed E-state index contributed by atoms with van der Waals surface area (Å²) in [7, 11) is 0. The second-order valence-corrected chi connectivity index (χ2v) is 12.5. The molecule has 3 aromatic carbocycles. The summed E-state index contributed by atoms with van der Waals surface area (Å²) < 4.78 is 6.19. The number of ether oxygens (including phenoxy) is 1. The minimum Gasteiger partial charge on any atom is -0.492 e. The third kappa shape index (κ3) is 11.5. The molecule has 1 saturated carbocycles. The molecular formula is C40H46N4O4. The number of hydrogen-bond acceptors (Lipinski definition) is 6. The number of carbonyl (C=O) groups excluding carboxylic acids is 2. The Morgan fingerprint density at radius 1 is 0.854 bits per heavy atom. The van der Waals surface area contributed by atoms with E-state index in [1.54, 1.807) is 11.6 Å². The first-order chi connectivity index (χ1) is 23.5. The van der Waals surface area contributed by atoms with E-state index in [2.05, 4.69) is 27.3 Å². The second kappa shape index (κ2) is 18.5. The maximum absolute atomic E-state index is 12.4. The first kappa shape index (κ1) is 34.5. The molecule has 1 fully saturated rings. The molecule has 0 bridgehead atoms. The van der Waals surface area contributed by atoms with Gasteiger partial charge in [-0.3, -0.25) is 24.7 Å². The number of aromatic nitrogens is 1. The van der Waals surface area contributed by atoms with Crippen molar-refractivity contribution in [3.05, 3.63) is 126 Å². The number of pyridine rings is 1. The van der Waals surface area contributed by atoms with E-state index in [0.29, 0.717) is 13.2 Å². The SMILES string of the molecule is O=C(/C=C/c1ccc(CN(CCOc2ccc(-c3ccc(CC(=O)NCc4ccccc4)nc3)cc2)CCC2CCCCC2)cc1)NO. The number of hydrogen-bond donors (Lipinski definition) is 3. The predicted molar refractivity (Wildman–Crippen MR) is 189 cm³/mol. The van der Waals surface area contributed by atoms with Crippen LogP contribution in [0.15, 0.2) is 103 Å². The summed E-state index contributed by atoms with van der Waals surface area (Å²) >= 11 is 0. The maximum Gasteiger partial charge on any atom is 0.267 e. The van der Waals surface area contributed by atoms with Crippen molar-refractivity contribution in [3.8, 4) is 16.9 Å². The van der Waals surface area contributed by atoms with Gasteiger partial charge in [0.25, 0.3) is 5.91 Å². The third-order valence-corrected chi connectivity index (χ3v) is 8.86. The Morgan fingerprint density at radius 2 is 1.60 bits per heavy atom. The van der Waals surface area contributed by atoms with E-state index >= 15 is 0 Å². The topological polar surface area (TPSA) is 104 Å². The van der Waals surface area contributed by atoms with Crippen molar-refractivity contribution in [2.45, 2.75) is 58.0 Å². The van der Waals surface area contributed by atoms with E-state index in [1.165, 1.54) is 50.2 Å². The standard InChI is InChI=1S/C40H46N4O4/c45-39(43-47)22-15-32-11-13-34(14-12-32)30-44(24-23-31-7-3-1-4-8-31)25-26-48-38-20-17-35(18-21-38)36-16-19-37(41-29-36)27-40(46)42-28-33-9-5-2-6-10-33/h2,5-6,9-22,29,31,47H,1,3-4,7-8,23-28,30H2,(H,42,46)(H,43,45)/b22-15+. The molecule has 0 atom stereocenters. The van der Waals surface area contributed by atoms with E-state index in [1.807, 2.05) is 85.1 Å². The lowest BCUT2D eigenvalue weighted by atomic mass is 9.87. The summed E-state index contributed by atoms with van der Waals surface area (Å²) in [5, 5.41) is 11.6. The first-order valence-electron chi connectivity index (χ1n) is 17.0. The Morgan fingerprint density at radius 3 is 2.31 bits per heavy atom. The van der Waals surface area contributed by atoms with Gasteiger partial charge in [0.05, 0.1) is 6.42 Å². The normalized spacial score (nSPS) is 13.5. The zero-order valence-electron chi connectivity index (χ0n) is 27.5. The predicted octanol–water partition coefficient (Wildman–Crippen LogP) is 6.98. The number of benzene rings is 3. The van der Waals surface area contributed by atoms with Gasteiger partial charge in [-0.05, 0) is 65.4 Å². The largest absolute Gasteiger partial charge is 0.492 e. The molecule has 0 radical (unpaired) electrons. The lowest BCUT2D eigenvalue weighted by Gasteiger charge is -2.27. The van der Waals surface area contributed by atoms with E-state index in [-0.39, 0.29) is 12.3 Å². The molecule has 48 heavy (non-hydrogen) atoms. The van der Waals surface area contributed by atoms with Gasteiger partial charge in [-0.25, -0.2) is 5.48 Å². The number of rotatable bonds is 16. The molecule has 250 valence electrons. The highest BCUT2D eigenvalue weighted by atomic mass is 16.5. The first-order valence-corrected chi connectivity index (χ1v) is 17.0. The van der Waals surface area contributed by atoms with Gasteiger partial charge < -0.3 is 10.1 Å². The van der Waals surface area contributed by atoms with Crippen LogP contribution in [0.25, 0.3) is 17.2 Å². The van der Waals surface area contributed by atoms with Crippen LogP contribution in [0.2, 0.25) is 0 Å². The van der Waals surface area contributed by atoms with Gasteiger partial charge in [-0.2, -0.15) is 0 Å². The Hall–Kier alpha value is -4.79. The minimum atomic E-state index is -0.550. The van der Waals surface area contributed by atoms with E-state index < -0.39 is 5.91 Å². The number of nitrogens with zero attached hydrogens (tertiary/aromatic N) is 2.